The number of nitrogens with one attached hydrogen (secondary N) is 3. The molecule has 1 heterocycles. The molecular weight excluding hydrogens is 524 g/mol. The van der Waals surface area contributed by atoms with E-state index in [0.29, 0.717) is 22.6 Å². The van der Waals surface area contributed by atoms with Gasteiger partial charge in [0.05, 0.1) is 38.7 Å². The van der Waals surface area contributed by atoms with E-state index in [4.69, 9.17) is 23.7 Å². The third-order valence-electron chi connectivity index (χ3n) is 5.49. The van der Waals surface area contributed by atoms with Crippen LogP contribution in [0.5, 0.6) is 23.0 Å². The summed E-state index contributed by atoms with van der Waals surface area (Å²) in [4.78, 5) is 48.1. The fourth-order valence-corrected chi connectivity index (χ4v) is 3.76. The van der Waals surface area contributed by atoms with Crippen LogP contribution in [0.25, 0.3) is 0 Å². The van der Waals surface area contributed by atoms with Gasteiger partial charge in [0, 0.05) is 12.6 Å². The number of hydrogen-bond donors (Lipinski definition) is 3. The van der Waals surface area contributed by atoms with E-state index >= 15 is 0 Å². The predicted molar refractivity (Wildman–Crippen MR) is 142 cm³/mol. The first-order chi connectivity index (χ1) is 19.2. The highest BCUT2D eigenvalue weighted by molar-refractivity contribution is 5.95. The van der Waals surface area contributed by atoms with Gasteiger partial charge in [-0.25, -0.2) is 15.0 Å². The van der Waals surface area contributed by atoms with Gasteiger partial charge in [0.25, 0.3) is 5.91 Å². The number of allylic oxidation sites excluding steroid dienone is 1. The Labute approximate surface area is 230 Å². The molecule has 2 aromatic rings. The lowest BCUT2D eigenvalue weighted by molar-refractivity contribution is -0.139. The monoisotopic (exact) mass is 554 g/mol. The van der Waals surface area contributed by atoms with Crippen molar-refractivity contribution < 1.29 is 42.9 Å². The quantitative estimate of drug-likeness (QED) is 0.164. The third-order valence-corrected chi connectivity index (χ3v) is 5.49. The Hall–Kier alpha value is -5.07. The number of benzene rings is 2. The standard InChI is InChI=1S/C27H30N4O9/c1-6-38-26(34)24-15(2)29-27(35)30-25(24)18-8-10-19(22(12-18)37-5)39-14-23(33)31-28-13-17-7-9-20(40-16(3)32)21(11-17)36-4/h7-13,25H,6,14H2,1-5H3,(H,31,33)(H2,29,30,35)/b28-13-/t25-/m1/s1. The summed E-state index contributed by atoms with van der Waals surface area (Å²) >= 11 is 0. The maximum atomic E-state index is 12.6. The number of urea groups is 1. The molecule has 40 heavy (non-hydrogen) atoms. The smallest absolute Gasteiger partial charge is 0.338 e. The van der Waals surface area contributed by atoms with Gasteiger partial charge in [0.1, 0.15) is 0 Å². The average molecular weight is 555 g/mol. The molecule has 3 amide bonds. The molecule has 3 rings (SSSR count). The van der Waals surface area contributed by atoms with Crippen molar-refractivity contribution in [3.05, 3.63) is 58.8 Å². The molecule has 0 saturated carbocycles. The number of esters is 2. The molecular formula is C27H30N4O9. The number of hydrazone groups is 1. The normalized spacial score (nSPS) is 14.6. The van der Waals surface area contributed by atoms with Gasteiger partial charge < -0.3 is 34.3 Å². The molecule has 212 valence electrons. The molecule has 1 atom stereocenters. The molecule has 0 unspecified atom stereocenters. The number of rotatable bonds is 11. The van der Waals surface area contributed by atoms with Crippen LogP contribution in [0.4, 0.5) is 4.79 Å². The lowest BCUT2D eigenvalue weighted by Gasteiger charge is -2.28. The highest BCUT2D eigenvalue weighted by Gasteiger charge is 2.32. The molecule has 0 spiro atoms. The Kier molecular flexibility index (Phi) is 10.1. The van der Waals surface area contributed by atoms with Crippen LogP contribution in [-0.4, -0.2) is 57.5 Å². The molecule has 0 bridgehead atoms. The van der Waals surface area contributed by atoms with Crippen molar-refractivity contribution in [3.63, 3.8) is 0 Å². The van der Waals surface area contributed by atoms with Crippen LogP contribution in [0.1, 0.15) is 37.9 Å². The third kappa shape index (κ3) is 7.49. The minimum absolute atomic E-state index is 0.176. The summed E-state index contributed by atoms with van der Waals surface area (Å²) in [6.45, 7) is 4.39. The van der Waals surface area contributed by atoms with Crippen LogP contribution in [0.15, 0.2) is 52.8 Å². The average Bonchev–Trinajstić information content (AvgIpc) is 2.91. The minimum atomic E-state index is -0.782. The predicted octanol–water partition coefficient (Wildman–Crippen LogP) is 2.35. The molecule has 0 radical (unpaired) electrons. The van der Waals surface area contributed by atoms with Gasteiger partial charge in [-0.3, -0.25) is 9.59 Å². The van der Waals surface area contributed by atoms with Crippen molar-refractivity contribution in [2.75, 3.05) is 27.4 Å². The first-order valence-corrected chi connectivity index (χ1v) is 12.1. The van der Waals surface area contributed by atoms with Crippen molar-refractivity contribution >= 4 is 30.1 Å². The lowest BCUT2D eigenvalue weighted by Crippen LogP contribution is -2.45. The van der Waals surface area contributed by atoms with Crippen molar-refractivity contribution in [2.45, 2.75) is 26.8 Å². The molecule has 3 N–H and O–H groups in total. The number of ether oxygens (including phenoxy) is 5. The molecule has 0 fully saturated rings. The molecule has 1 aliphatic heterocycles. The molecule has 0 aromatic heterocycles. The Balaban J connectivity index is 1.66. The maximum Gasteiger partial charge on any atom is 0.338 e. The fourth-order valence-electron chi connectivity index (χ4n) is 3.76. The van der Waals surface area contributed by atoms with Crippen LogP contribution in [0, 0.1) is 0 Å². The van der Waals surface area contributed by atoms with Gasteiger partial charge >= 0.3 is 18.0 Å². The second kappa shape index (κ2) is 13.6. The molecule has 0 saturated heterocycles. The first-order valence-electron chi connectivity index (χ1n) is 12.1. The zero-order valence-electron chi connectivity index (χ0n) is 22.7. The van der Waals surface area contributed by atoms with Crippen molar-refractivity contribution in [2.24, 2.45) is 5.10 Å². The van der Waals surface area contributed by atoms with Crippen LogP contribution in [0.3, 0.4) is 0 Å². The Morgan fingerprint density at radius 2 is 1.73 bits per heavy atom. The van der Waals surface area contributed by atoms with E-state index in [1.807, 2.05) is 0 Å². The summed E-state index contributed by atoms with van der Waals surface area (Å²) in [5.41, 5.74) is 4.12. The Bertz CT molecular complexity index is 1350. The molecule has 1 aliphatic rings. The number of methoxy groups -OCH3 is 2. The van der Waals surface area contributed by atoms with Gasteiger partial charge in [0.15, 0.2) is 29.6 Å². The highest BCUT2D eigenvalue weighted by atomic mass is 16.6. The summed E-state index contributed by atoms with van der Waals surface area (Å²) in [6, 6.07) is 8.32. The number of carbonyl (C=O) groups excluding carboxylic acids is 4. The second-order valence-electron chi connectivity index (χ2n) is 8.29. The zero-order chi connectivity index (χ0) is 29.2. The summed E-state index contributed by atoms with van der Waals surface area (Å²) in [5, 5.41) is 9.19. The van der Waals surface area contributed by atoms with E-state index in [0.717, 1.165) is 0 Å². The van der Waals surface area contributed by atoms with Crippen LogP contribution in [0.2, 0.25) is 0 Å². The van der Waals surface area contributed by atoms with Gasteiger partial charge in [-0.1, -0.05) is 6.07 Å². The topological polar surface area (TPSA) is 163 Å². The lowest BCUT2D eigenvalue weighted by atomic mass is 9.95. The van der Waals surface area contributed by atoms with Gasteiger partial charge in [-0.05, 0) is 55.3 Å². The largest absolute Gasteiger partial charge is 0.493 e. The van der Waals surface area contributed by atoms with Gasteiger partial charge in [-0.2, -0.15) is 5.10 Å². The summed E-state index contributed by atoms with van der Waals surface area (Å²) < 4.78 is 26.4. The van der Waals surface area contributed by atoms with Crippen LogP contribution in [-0.2, 0) is 19.1 Å². The SMILES string of the molecule is CCOC(=O)C1=C(C)NC(=O)N[C@@H]1c1ccc(OCC(=O)N/N=C\c2ccc(OC(C)=O)c(OC)c2)c(OC)c1. The molecule has 2 aromatic carbocycles. The fraction of sp³-hybridized carbons (Fsp3) is 0.296. The van der Waals surface area contributed by atoms with E-state index in [9.17, 15) is 19.2 Å². The zero-order valence-corrected chi connectivity index (χ0v) is 22.7. The van der Waals surface area contributed by atoms with Gasteiger partial charge in [-0.15, -0.1) is 0 Å². The molecule has 13 nitrogen and oxygen atoms in total. The summed E-state index contributed by atoms with van der Waals surface area (Å²) in [6.07, 6.45) is 1.39. The summed E-state index contributed by atoms with van der Waals surface area (Å²) in [7, 11) is 2.86. The van der Waals surface area contributed by atoms with E-state index in [-0.39, 0.29) is 36.0 Å². The van der Waals surface area contributed by atoms with Gasteiger partial charge in [0.2, 0.25) is 0 Å². The Morgan fingerprint density at radius 3 is 2.40 bits per heavy atom. The molecule has 0 aliphatic carbocycles. The first kappa shape index (κ1) is 29.5. The highest BCUT2D eigenvalue weighted by Crippen LogP contribution is 2.34. The van der Waals surface area contributed by atoms with Crippen LogP contribution < -0.4 is 35.0 Å². The van der Waals surface area contributed by atoms with E-state index in [2.05, 4.69) is 21.2 Å². The second-order valence-corrected chi connectivity index (χ2v) is 8.29. The van der Waals surface area contributed by atoms with Crippen molar-refractivity contribution in [1.29, 1.82) is 0 Å². The van der Waals surface area contributed by atoms with Crippen LogP contribution >= 0.6 is 0 Å². The summed E-state index contributed by atoms with van der Waals surface area (Å²) in [5.74, 6) is -0.460. The van der Waals surface area contributed by atoms with E-state index in [1.165, 1.54) is 27.4 Å². The number of carbonyl (C=O) groups is 4. The Morgan fingerprint density at radius 1 is 1.02 bits per heavy atom. The number of amides is 3. The minimum Gasteiger partial charge on any atom is -0.493 e. The number of nitrogens with zero attached hydrogens (tertiary/aromatic N) is 1. The molecule has 13 heteroatoms. The van der Waals surface area contributed by atoms with E-state index in [1.54, 1.807) is 50.2 Å². The van der Waals surface area contributed by atoms with Crippen molar-refractivity contribution in [3.8, 4) is 23.0 Å². The maximum absolute atomic E-state index is 12.6. The van der Waals surface area contributed by atoms with Crippen molar-refractivity contribution in [1.82, 2.24) is 16.1 Å². The van der Waals surface area contributed by atoms with E-state index < -0.39 is 29.9 Å². The number of hydrogen-bond acceptors (Lipinski definition) is 10.